The zero-order valence-electron chi connectivity index (χ0n) is 13.0. The normalized spacial score (nSPS) is 10.7. The Morgan fingerprint density at radius 3 is 2.96 bits per heavy atom. The lowest BCUT2D eigenvalue weighted by molar-refractivity contribution is 0.0600. The molecule has 23 heavy (non-hydrogen) atoms. The highest BCUT2D eigenvalue weighted by Crippen LogP contribution is 2.25. The standard InChI is InChI=1S/C15H15N5O3/c1-4-12-18-14(23-19-12)10-6-5-7-16-13(10)20-9(2)11(8-17-20)15(21)22-3/h5-8H,4H2,1-3H3. The van der Waals surface area contributed by atoms with E-state index in [-0.39, 0.29) is 0 Å². The SMILES string of the molecule is CCc1noc(-c2cccnc2-n2ncc(C(=O)OC)c2C)n1. The summed E-state index contributed by atoms with van der Waals surface area (Å²) < 4.78 is 11.6. The lowest BCUT2D eigenvalue weighted by Crippen LogP contribution is -2.07. The van der Waals surface area contributed by atoms with Crippen molar-refractivity contribution in [1.82, 2.24) is 24.9 Å². The maximum atomic E-state index is 11.7. The summed E-state index contributed by atoms with van der Waals surface area (Å²) in [5.41, 5.74) is 1.64. The van der Waals surface area contributed by atoms with Crippen LogP contribution in [0.3, 0.4) is 0 Å². The zero-order chi connectivity index (χ0) is 16.4. The van der Waals surface area contributed by atoms with Gasteiger partial charge in [0.2, 0.25) is 0 Å². The van der Waals surface area contributed by atoms with Crippen LogP contribution >= 0.6 is 0 Å². The Labute approximate surface area is 132 Å². The number of hydrogen-bond acceptors (Lipinski definition) is 7. The first-order valence-electron chi connectivity index (χ1n) is 7.07. The minimum absolute atomic E-state index is 0.361. The first kappa shape index (κ1) is 14.9. The molecule has 118 valence electrons. The van der Waals surface area contributed by atoms with Gasteiger partial charge in [-0.1, -0.05) is 12.1 Å². The smallest absolute Gasteiger partial charge is 0.341 e. The van der Waals surface area contributed by atoms with Crippen molar-refractivity contribution in [2.24, 2.45) is 0 Å². The van der Waals surface area contributed by atoms with E-state index in [9.17, 15) is 4.79 Å². The van der Waals surface area contributed by atoms with Crippen molar-refractivity contribution in [2.75, 3.05) is 7.11 Å². The minimum Gasteiger partial charge on any atom is -0.465 e. The van der Waals surface area contributed by atoms with Gasteiger partial charge in [0, 0.05) is 12.6 Å². The van der Waals surface area contributed by atoms with Gasteiger partial charge in [-0.15, -0.1) is 0 Å². The molecule has 0 fully saturated rings. The number of methoxy groups -OCH3 is 1. The monoisotopic (exact) mass is 313 g/mol. The Bertz CT molecular complexity index is 852. The molecule has 0 bridgehead atoms. The van der Waals surface area contributed by atoms with Gasteiger partial charge in [-0.3, -0.25) is 0 Å². The molecule has 0 amide bonds. The van der Waals surface area contributed by atoms with Crippen LogP contribution in [-0.4, -0.2) is 38.0 Å². The molecule has 0 saturated carbocycles. The molecule has 0 aromatic carbocycles. The number of aromatic nitrogens is 5. The van der Waals surface area contributed by atoms with Gasteiger partial charge in [0.1, 0.15) is 5.56 Å². The van der Waals surface area contributed by atoms with Gasteiger partial charge >= 0.3 is 5.97 Å². The van der Waals surface area contributed by atoms with Gasteiger partial charge in [0.05, 0.1) is 24.6 Å². The number of esters is 1. The van der Waals surface area contributed by atoms with Crippen LogP contribution in [0.2, 0.25) is 0 Å². The first-order valence-corrected chi connectivity index (χ1v) is 7.07. The van der Waals surface area contributed by atoms with Crippen molar-refractivity contribution in [3.8, 4) is 17.3 Å². The Morgan fingerprint density at radius 2 is 2.26 bits per heavy atom. The molecule has 0 N–H and O–H groups in total. The molecule has 8 heteroatoms. The Kier molecular flexibility index (Phi) is 3.88. The van der Waals surface area contributed by atoms with E-state index in [1.807, 2.05) is 13.0 Å². The minimum atomic E-state index is -0.447. The largest absolute Gasteiger partial charge is 0.465 e. The highest BCUT2D eigenvalue weighted by atomic mass is 16.5. The molecular weight excluding hydrogens is 298 g/mol. The maximum absolute atomic E-state index is 11.7. The topological polar surface area (TPSA) is 95.9 Å². The van der Waals surface area contributed by atoms with E-state index in [0.717, 1.165) is 0 Å². The van der Waals surface area contributed by atoms with E-state index in [4.69, 9.17) is 9.26 Å². The average molecular weight is 313 g/mol. The van der Waals surface area contributed by atoms with Crippen molar-refractivity contribution < 1.29 is 14.1 Å². The van der Waals surface area contributed by atoms with Crippen LogP contribution in [0.15, 0.2) is 29.0 Å². The molecule has 0 aliphatic heterocycles. The van der Waals surface area contributed by atoms with Gasteiger partial charge in [0.15, 0.2) is 11.6 Å². The maximum Gasteiger partial charge on any atom is 0.341 e. The first-order chi connectivity index (χ1) is 11.2. The lowest BCUT2D eigenvalue weighted by atomic mass is 10.2. The van der Waals surface area contributed by atoms with E-state index < -0.39 is 5.97 Å². The number of carbonyl (C=O) groups is 1. The quantitative estimate of drug-likeness (QED) is 0.679. The van der Waals surface area contributed by atoms with E-state index in [1.165, 1.54) is 13.3 Å². The molecule has 0 saturated heterocycles. The molecular formula is C15H15N5O3. The van der Waals surface area contributed by atoms with Crippen LogP contribution in [0.1, 0.15) is 28.8 Å². The third-order valence-corrected chi connectivity index (χ3v) is 3.42. The number of hydrogen-bond donors (Lipinski definition) is 0. The molecule has 3 aromatic rings. The summed E-state index contributed by atoms with van der Waals surface area (Å²) in [4.78, 5) is 20.4. The second-order valence-electron chi connectivity index (χ2n) is 4.79. The Morgan fingerprint density at radius 1 is 1.43 bits per heavy atom. The second-order valence-corrected chi connectivity index (χ2v) is 4.79. The van der Waals surface area contributed by atoms with Crippen molar-refractivity contribution in [1.29, 1.82) is 0 Å². The van der Waals surface area contributed by atoms with Gasteiger partial charge < -0.3 is 9.26 Å². The zero-order valence-corrected chi connectivity index (χ0v) is 13.0. The van der Waals surface area contributed by atoms with Gasteiger partial charge in [-0.2, -0.15) is 10.1 Å². The number of ether oxygens (including phenoxy) is 1. The van der Waals surface area contributed by atoms with Crippen LogP contribution in [0.25, 0.3) is 17.3 Å². The van der Waals surface area contributed by atoms with E-state index >= 15 is 0 Å². The second kappa shape index (κ2) is 5.99. The average Bonchev–Trinajstić information content (AvgIpc) is 3.21. The summed E-state index contributed by atoms with van der Waals surface area (Å²) in [5.74, 6) is 1.03. The van der Waals surface area contributed by atoms with Gasteiger partial charge in [0.25, 0.3) is 5.89 Å². The van der Waals surface area contributed by atoms with Gasteiger partial charge in [-0.05, 0) is 19.1 Å². The highest BCUT2D eigenvalue weighted by molar-refractivity contribution is 5.90. The van der Waals surface area contributed by atoms with Crippen molar-refractivity contribution in [3.63, 3.8) is 0 Å². The molecule has 0 spiro atoms. The number of rotatable bonds is 4. The van der Waals surface area contributed by atoms with E-state index in [2.05, 4.69) is 20.2 Å². The number of carbonyl (C=O) groups excluding carboxylic acids is 1. The summed E-state index contributed by atoms with van der Waals surface area (Å²) in [6, 6.07) is 3.59. The number of aryl methyl sites for hydroxylation is 1. The van der Waals surface area contributed by atoms with Crippen LogP contribution in [0.5, 0.6) is 0 Å². The van der Waals surface area contributed by atoms with Crippen molar-refractivity contribution >= 4 is 5.97 Å². The summed E-state index contributed by atoms with van der Waals surface area (Å²) in [6.07, 6.45) is 3.76. The van der Waals surface area contributed by atoms with Crippen molar-refractivity contribution in [3.05, 3.63) is 41.6 Å². The fourth-order valence-electron chi connectivity index (χ4n) is 2.17. The number of pyridine rings is 1. The molecule has 3 aromatic heterocycles. The van der Waals surface area contributed by atoms with Crippen LogP contribution in [0.4, 0.5) is 0 Å². The fraction of sp³-hybridized carbons (Fsp3) is 0.267. The third kappa shape index (κ3) is 2.59. The van der Waals surface area contributed by atoms with E-state index in [1.54, 1.807) is 23.9 Å². The molecule has 0 unspecified atom stereocenters. The van der Waals surface area contributed by atoms with Crippen LogP contribution < -0.4 is 0 Å². The van der Waals surface area contributed by atoms with Gasteiger partial charge in [-0.25, -0.2) is 14.5 Å². The highest BCUT2D eigenvalue weighted by Gasteiger charge is 2.20. The van der Waals surface area contributed by atoms with Crippen molar-refractivity contribution in [2.45, 2.75) is 20.3 Å². The Balaban J connectivity index is 2.11. The summed E-state index contributed by atoms with van der Waals surface area (Å²) in [6.45, 7) is 3.71. The lowest BCUT2D eigenvalue weighted by Gasteiger charge is -2.07. The van der Waals surface area contributed by atoms with Crippen LogP contribution in [-0.2, 0) is 11.2 Å². The summed E-state index contributed by atoms with van der Waals surface area (Å²) in [5, 5.41) is 8.13. The third-order valence-electron chi connectivity index (χ3n) is 3.42. The molecule has 8 nitrogen and oxygen atoms in total. The molecule has 3 rings (SSSR count). The fourth-order valence-corrected chi connectivity index (χ4v) is 2.17. The molecule has 3 heterocycles. The summed E-state index contributed by atoms with van der Waals surface area (Å²) >= 11 is 0. The predicted octanol–water partition coefficient (Wildman–Crippen LogP) is 1.97. The molecule has 0 radical (unpaired) electrons. The molecule has 0 aliphatic carbocycles. The molecule has 0 aliphatic rings. The Hall–Kier alpha value is -3.03. The molecule has 0 atom stereocenters. The summed E-state index contributed by atoms with van der Waals surface area (Å²) in [7, 11) is 1.33. The van der Waals surface area contributed by atoms with Crippen LogP contribution in [0, 0.1) is 6.92 Å². The predicted molar refractivity (Wildman–Crippen MR) is 80.1 cm³/mol. The van der Waals surface area contributed by atoms with E-state index in [0.29, 0.717) is 40.8 Å². The number of nitrogens with zero attached hydrogens (tertiary/aromatic N) is 5.